The van der Waals surface area contributed by atoms with Crippen molar-refractivity contribution in [3.8, 4) is 0 Å². The molecule has 4 heteroatoms. The third-order valence-electron chi connectivity index (χ3n) is 3.92. The number of hydrogen-bond acceptors (Lipinski definition) is 3. The summed E-state index contributed by atoms with van der Waals surface area (Å²) in [6, 6.07) is 0.473. The summed E-state index contributed by atoms with van der Waals surface area (Å²) in [5.74, 6) is 0.149. The van der Waals surface area contributed by atoms with E-state index in [2.05, 4.69) is 29.6 Å². The molecule has 2 saturated carbocycles. The lowest BCUT2D eigenvalue weighted by Crippen LogP contribution is -2.57. The van der Waals surface area contributed by atoms with Crippen LogP contribution in [0.15, 0.2) is 0 Å². The van der Waals surface area contributed by atoms with Crippen LogP contribution in [0.2, 0.25) is 0 Å². The topological polar surface area (TPSA) is 44.4 Å². The van der Waals surface area contributed by atoms with E-state index in [9.17, 15) is 4.79 Å². The number of rotatable bonds is 6. The van der Waals surface area contributed by atoms with Gasteiger partial charge in [-0.1, -0.05) is 0 Å². The SMILES string of the molecule is CN(C)C1(CNCC(=O)NC2CC2)CCC1. The minimum atomic E-state index is 0.149. The third kappa shape index (κ3) is 2.74. The van der Waals surface area contributed by atoms with Gasteiger partial charge in [0.05, 0.1) is 6.54 Å². The molecule has 0 aliphatic heterocycles. The number of carbonyl (C=O) groups is 1. The number of carbonyl (C=O) groups excluding carboxylic acids is 1. The molecule has 2 rings (SSSR count). The number of nitrogens with one attached hydrogen (secondary N) is 2. The fourth-order valence-corrected chi connectivity index (χ4v) is 2.28. The molecule has 0 unspecified atom stereocenters. The zero-order valence-corrected chi connectivity index (χ0v) is 10.4. The summed E-state index contributed by atoms with van der Waals surface area (Å²) < 4.78 is 0. The Labute approximate surface area is 97.8 Å². The fraction of sp³-hybridized carbons (Fsp3) is 0.917. The number of amides is 1. The highest BCUT2D eigenvalue weighted by atomic mass is 16.2. The Morgan fingerprint density at radius 2 is 2.06 bits per heavy atom. The van der Waals surface area contributed by atoms with Gasteiger partial charge < -0.3 is 15.5 Å². The third-order valence-corrected chi connectivity index (χ3v) is 3.92. The highest BCUT2D eigenvalue weighted by Crippen LogP contribution is 2.35. The van der Waals surface area contributed by atoms with Crippen LogP contribution >= 0.6 is 0 Å². The molecule has 0 bridgehead atoms. The van der Waals surface area contributed by atoms with Gasteiger partial charge in [0.1, 0.15) is 0 Å². The Balaban J connectivity index is 1.64. The minimum absolute atomic E-state index is 0.149. The second kappa shape index (κ2) is 4.72. The molecule has 2 fully saturated rings. The Morgan fingerprint density at radius 1 is 1.38 bits per heavy atom. The first kappa shape index (κ1) is 11.9. The quantitative estimate of drug-likeness (QED) is 0.685. The van der Waals surface area contributed by atoms with Crippen molar-refractivity contribution in [3.05, 3.63) is 0 Å². The van der Waals surface area contributed by atoms with Gasteiger partial charge in [0, 0.05) is 18.1 Å². The fourth-order valence-electron chi connectivity index (χ4n) is 2.28. The van der Waals surface area contributed by atoms with Crippen LogP contribution < -0.4 is 10.6 Å². The van der Waals surface area contributed by atoms with Gasteiger partial charge in [-0.25, -0.2) is 0 Å². The van der Waals surface area contributed by atoms with Crippen molar-refractivity contribution in [2.75, 3.05) is 27.2 Å². The normalized spacial score (nSPS) is 22.9. The van der Waals surface area contributed by atoms with Crippen LogP contribution in [0.25, 0.3) is 0 Å². The lowest BCUT2D eigenvalue weighted by Gasteiger charge is -2.47. The van der Waals surface area contributed by atoms with Gasteiger partial charge in [-0.05, 0) is 46.2 Å². The van der Waals surface area contributed by atoms with Gasteiger partial charge >= 0.3 is 0 Å². The maximum absolute atomic E-state index is 11.5. The van der Waals surface area contributed by atoms with Gasteiger partial charge in [0.25, 0.3) is 0 Å². The van der Waals surface area contributed by atoms with Crippen LogP contribution in [0.3, 0.4) is 0 Å². The van der Waals surface area contributed by atoms with Gasteiger partial charge in [0.15, 0.2) is 0 Å². The van der Waals surface area contributed by atoms with E-state index in [0.717, 1.165) is 19.4 Å². The summed E-state index contributed by atoms with van der Waals surface area (Å²) in [7, 11) is 4.26. The molecule has 0 spiro atoms. The maximum atomic E-state index is 11.5. The highest BCUT2D eigenvalue weighted by molar-refractivity contribution is 5.78. The second-order valence-corrected chi connectivity index (χ2v) is 5.42. The van der Waals surface area contributed by atoms with E-state index in [-0.39, 0.29) is 5.91 Å². The van der Waals surface area contributed by atoms with E-state index in [1.54, 1.807) is 0 Å². The molecule has 0 saturated heterocycles. The average Bonchev–Trinajstić information content (AvgIpc) is 2.92. The monoisotopic (exact) mass is 225 g/mol. The van der Waals surface area contributed by atoms with Crippen molar-refractivity contribution in [2.24, 2.45) is 0 Å². The molecule has 4 nitrogen and oxygen atoms in total. The molecule has 0 aromatic rings. The average molecular weight is 225 g/mol. The van der Waals surface area contributed by atoms with Gasteiger partial charge in [0.2, 0.25) is 5.91 Å². The Hall–Kier alpha value is -0.610. The van der Waals surface area contributed by atoms with Gasteiger partial charge in [-0.3, -0.25) is 4.79 Å². The van der Waals surface area contributed by atoms with Crippen molar-refractivity contribution in [1.82, 2.24) is 15.5 Å². The van der Waals surface area contributed by atoms with E-state index in [0.29, 0.717) is 18.1 Å². The van der Waals surface area contributed by atoms with Crippen LogP contribution in [-0.4, -0.2) is 49.6 Å². The first-order valence-electron chi connectivity index (χ1n) is 6.30. The number of hydrogen-bond donors (Lipinski definition) is 2. The Bertz CT molecular complexity index is 257. The van der Waals surface area contributed by atoms with E-state index >= 15 is 0 Å². The molecular weight excluding hydrogens is 202 g/mol. The Kier molecular flexibility index (Phi) is 3.50. The molecule has 0 atom stereocenters. The van der Waals surface area contributed by atoms with Gasteiger partial charge in [-0.15, -0.1) is 0 Å². The number of nitrogens with zero attached hydrogens (tertiary/aromatic N) is 1. The summed E-state index contributed by atoms with van der Waals surface area (Å²) in [6.07, 6.45) is 6.13. The maximum Gasteiger partial charge on any atom is 0.234 e. The lowest BCUT2D eigenvalue weighted by atomic mass is 9.75. The van der Waals surface area contributed by atoms with E-state index in [4.69, 9.17) is 0 Å². The van der Waals surface area contributed by atoms with Gasteiger partial charge in [-0.2, -0.15) is 0 Å². The molecule has 0 aromatic carbocycles. The summed E-state index contributed by atoms with van der Waals surface area (Å²) in [6.45, 7) is 1.39. The van der Waals surface area contributed by atoms with Crippen molar-refractivity contribution in [3.63, 3.8) is 0 Å². The molecule has 2 aliphatic carbocycles. The standard InChI is InChI=1S/C12H23N3O/c1-15(2)12(6-3-7-12)9-13-8-11(16)14-10-4-5-10/h10,13H,3-9H2,1-2H3,(H,14,16). The van der Waals surface area contributed by atoms with Crippen LogP contribution in [0.4, 0.5) is 0 Å². The summed E-state index contributed by atoms with van der Waals surface area (Å²) in [5.41, 5.74) is 0.305. The van der Waals surface area contributed by atoms with Crippen molar-refractivity contribution >= 4 is 5.91 Å². The summed E-state index contributed by atoms with van der Waals surface area (Å²) >= 11 is 0. The molecule has 16 heavy (non-hydrogen) atoms. The summed E-state index contributed by atoms with van der Waals surface area (Å²) in [5, 5.41) is 6.28. The zero-order valence-electron chi connectivity index (χ0n) is 10.4. The van der Waals surface area contributed by atoms with Crippen molar-refractivity contribution in [1.29, 1.82) is 0 Å². The molecule has 92 valence electrons. The predicted molar refractivity (Wildman–Crippen MR) is 64.3 cm³/mol. The van der Waals surface area contributed by atoms with E-state index in [1.165, 1.54) is 19.3 Å². The van der Waals surface area contributed by atoms with E-state index in [1.807, 2.05) is 0 Å². The molecule has 0 heterocycles. The molecule has 0 radical (unpaired) electrons. The predicted octanol–water partition coefficient (Wildman–Crippen LogP) is 0.339. The minimum Gasteiger partial charge on any atom is -0.352 e. The van der Waals surface area contributed by atoms with Crippen LogP contribution in [0, 0.1) is 0 Å². The zero-order chi connectivity index (χ0) is 11.6. The Morgan fingerprint density at radius 3 is 2.50 bits per heavy atom. The first-order chi connectivity index (χ1) is 7.62. The summed E-state index contributed by atoms with van der Waals surface area (Å²) in [4.78, 5) is 13.8. The molecule has 2 N–H and O–H groups in total. The van der Waals surface area contributed by atoms with Crippen LogP contribution in [0.5, 0.6) is 0 Å². The molecule has 1 amide bonds. The number of likely N-dealkylation sites (N-methyl/N-ethyl adjacent to an activating group) is 1. The first-order valence-corrected chi connectivity index (χ1v) is 6.30. The highest BCUT2D eigenvalue weighted by Gasteiger charge is 2.38. The van der Waals surface area contributed by atoms with E-state index < -0.39 is 0 Å². The largest absolute Gasteiger partial charge is 0.352 e. The molecular formula is C12H23N3O. The van der Waals surface area contributed by atoms with Crippen LogP contribution in [-0.2, 0) is 4.79 Å². The molecule has 0 aromatic heterocycles. The van der Waals surface area contributed by atoms with Crippen LogP contribution in [0.1, 0.15) is 32.1 Å². The van der Waals surface area contributed by atoms with Crippen molar-refractivity contribution < 1.29 is 4.79 Å². The smallest absolute Gasteiger partial charge is 0.234 e. The second-order valence-electron chi connectivity index (χ2n) is 5.42. The van der Waals surface area contributed by atoms with Crippen molar-refractivity contribution in [2.45, 2.75) is 43.7 Å². The lowest BCUT2D eigenvalue weighted by molar-refractivity contribution is -0.120. The molecule has 2 aliphatic rings.